The van der Waals surface area contributed by atoms with Crippen molar-refractivity contribution < 1.29 is 14.2 Å². The molecule has 27 heavy (non-hydrogen) atoms. The fourth-order valence-electron chi connectivity index (χ4n) is 2.70. The van der Waals surface area contributed by atoms with Gasteiger partial charge in [0, 0.05) is 36.8 Å². The third-order valence-electron chi connectivity index (χ3n) is 3.98. The lowest BCUT2D eigenvalue weighted by atomic mass is 10.1. The summed E-state index contributed by atoms with van der Waals surface area (Å²) in [6.07, 6.45) is 2.01. The molecule has 0 aliphatic heterocycles. The van der Waals surface area contributed by atoms with Crippen LogP contribution < -0.4 is 10.6 Å². The average Bonchev–Trinajstić information content (AvgIpc) is 3.01. The Morgan fingerprint density at radius 1 is 1.30 bits per heavy atom. The Morgan fingerprint density at radius 3 is 2.85 bits per heavy atom. The predicted molar refractivity (Wildman–Crippen MR) is 108 cm³/mol. The number of fused-ring (bicyclic) bond motifs is 1. The summed E-state index contributed by atoms with van der Waals surface area (Å²) < 4.78 is 18.9. The van der Waals surface area contributed by atoms with Gasteiger partial charge in [-0.15, -0.1) is 0 Å². The van der Waals surface area contributed by atoms with Crippen molar-refractivity contribution in [2.75, 3.05) is 32.8 Å². The number of nitrogens with zero attached hydrogens (tertiary/aromatic N) is 1. The molecule has 7 heteroatoms. The lowest BCUT2D eigenvalue weighted by Gasteiger charge is -2.14. The van der Waals surface area contributed by atoms with E-state index in [1.165, 1.54) is 6.07 Å². The van der Waals surface area contributed by atoms with Gasteiger partial charge in [0.1, 0.15) is 5.82 Å². The van der Waals surface area contributed by atoms with Crippen molar-refractivity contribution in [3.8, 4) is 0 Å². The van der Waals surface area contributed by atoms with Gasteiger partial charge in [-0.2, -0.15) is 0 Å². The van der Waals surface area contributed by atoms with Crippen LogP contribution in [0.4, 0.5) is 4.39 Å². The first-order valence-electron chi connectivity index (χ1n) is 9.53. The van der Waals surface area contributed by atoms with Gasteiger partial charge in [0.2, 0.25) is 0 Å². The highest BCUT2D eigenvalue weighted by Gasteiger charge is 2.07. The minimum absolute atomic E-state index is 0.236. The number of nitrogens with one attached hydrogen (secondary N) is 3. The number of halogens is 1. The van der Waals surface area contributed by atoms with E-state index in [0.717, 1.165) is 29.4 Å². The maximum atomic E-state index is 13.5. The average molecular weight is 378 g/mol. The van der Waals surface area contributed by atoms with Crippen LogP contribution >= 0.6 is 0 Å². The molecular formula is C20H31FN4O2. The normalized spacial score (nSPS) is 13.3. The maximum absolute atomic E-state index is 13.5. The van der Waals surface area contributed by atoms with Crippen LogP contribution in [-0.4, -0.2) is 55.0 Å². The highest BCUT2D eigenvalue weighted by molar-refractivity contribution is 5.83. The Balaban J connectivity index is 1.83. The van der Waals surface area contributed by atoms with E-state index in [0.29, 0.717) is 25.0 Å². The van der Waals surface area contributed by atoms with Gasteiger partial charge in [0.05, 0.1) is 19.3 Å². The maximum Gasteiger partial charge on any atom is 0.191 e. The minimum atomic E-state index is -0.629. The summed E-state index contributed by atoms with van der Waals surface area (Å²) in [6.45, 7) is 8.68. The van der Waals surface area contributed by atoms with Crippen LogP contribution in [0.25, 0.3) is 10.9 Å². The van der Waals surface area contributed by atoms with Gasteiger partial charge in [-0.1, -0.05) is 13.8 Å². The number of aliphatic hydroxyl groups is 1. The highest BCUT2D eigenvalue weighted by atomic mass is 19.1. The number of aromatic nitrogens is 1. The Labute approximate surface area is 160 Å². The van der Waals surface area contributed by atoms with Crippen LogP contribution in [0, 0.1) is 11.7 Å². The van der Waals surface area contributed by atoms with Crippen molar-refractivity contribution in [2.45, 2.75) is 33.3 Å². The monoisotopic (exact) mass is 378 g/mol. The van der Waals surface area contributed by atoms with E-state index in [-0.39, 0.29) is 19.0 Å². The van der Waals surface area contributed by atoms with E-state index in [1.807, 2.05) is 13.1 Å². The topological polar surface area (TPSA) is 81.7 Å². The summed E-state index contributed by atoms with van der Waals surface area (Å²) in [7, 11) is 0. The molecule has 4 N–H and O–H groups in total. The minimum Gasteiger partial charge on any atom is -0.389 e. The zero-order chi connectivity index (χ0) is 19.6. The van der Waals surface area contributed by atoms with Crippen LogP contribution in [0.2, 0.25) is 0 Å². The second-order valence-corrected chi connectivity index (χ2v) is 6.99. The van der Waals surface area contributed by atoms with Crippen molar-refractivity contribution in [2.24, 2.45) is 10.9 Å². The van der Waals surface area contributed by atoms with Gasteiger partial charge in [0.15, 0.2) is 5.96 Å². The quantitative estimate of drug-likeness (QED) is 0.378. The van der Waals surface area contributed by atoms with Gasteiger partial charge in [0.25, 0.3) is 0 Å². The van der Waals surface area contributed by atoms with Gasteiger partial charge in [-0.05, 0) is 43.0 Å². The molecule has 1 heterocycles. The molecule has 2 aromatic rings. The fraction of sp³-hybridized carbons (Fsp3) is 0.550. The molecular weight excluding hydrogens is 347 g/mol. The van der Waals surface area contributed by atoms with Gasteiger partial charge in [-0.3, -0.25) is 4.99 Å². The predicted octanol–water partition coefficient (Wildman–Crippen LogP) is 2.44. The summed E-state index contributed by atoms with van der Waals surface area (Å²) in [4.78, 5) is 7.56. The van der Waals surface area contributed by atoms with E-state index < -0.39 is 6.10 Å². The summed E-state index contributed by atoms with van der Waals surface area (Å²) in [5.41, 5.74) is 1.98. The van der Waals surface area contributed by atoms with Gasteiger partial charge < -0.3 is 25.5 Å². The summed E-state index contributed by atoms with van der Waals surface area (Å²) in [5, 5.41) is 17.3. The summed E-state index contributed by atoms with van der Waals surface area (Å²) >= 11 is 0. The van der Waals surface area contributed by atoms with Crippen molar-refractivity contribution >= 4 is 16.9 Å². The fourth-order valence-corrected chi connectivity index (χ4v) is 2.70. The smallest absolute Gasteiger partial charge is 0.191 e. The zero-order valence-corrected chi connectivity index (χ0v) is 16.4. The van der Waals surface area contributed by atoms with Crippen LogP contribution in [0.1, 0.15) is 26.3 Å². The third-order valence-corrected chi connectivity index (χ3v) is 3.98. The first kappa shape index (κ1) is 21.2. The third kappa shape index (κ3) is 7.19. The van der Waals surface area contributed by atoms with E-state index in [9.17, 15) is 9.50 Å². The number of H-pyrrole nitrogens is 1. The molecule has 0 spiro atoms. The van der Waals surface area contributed by atoms with E-state index >= 15 is 0 Å². The molecule has 0 bridgehead atoms. The molecule has 0 aliphatic rings. The lowest BCUT2D eigenvalue weighted by Crippen LogP contribution is -2.39. The molecule has 6 nitrogen and oxygen atoms in total. The molecule has 2 rings (SSSR count). The Bertz CT molecular complexity index is 730. The highest BCUT2D eigenvalue weighted by Crippen LogP contribution is 2.19. The van der Waals surface area contributed by atoms with Crippen LogP contribution in [0.5, 0.6) is 0 Å². The molecule has 0 saturated carbocycles. The molecule has 1 aromatic heterocycles. The number of benzene rings is 1. The van der Waals surface area contributed by atoms with Crippen molar-refractivity contribution in [1.82, 2.24) is 15.6 Å². The summed E-state index contributed by atoms with van der Waals surface area (Å²) in [6, 6.07) is 4.75. The first-order valence-corrected chi connectivity index (χ1v) is 9.53. The molecule has 0 saturated heterocycles. The van der Waals surface area contributed by atoms with Crippen molar-refractivity contribution in [3.05, 3.63) is 35.8 Å². The standard InChI is InChI=1S/C20H31FN4O2/c1-4-22-20(25-11-17(26)13-27-12-14(2)3)23-8-7-15-10-24-19-6-5-16(21)9-18(15)19/h5-6,9-10,14,17,24,26H,4,7-8,11-13H2,1-3H3,(H2,22,23,25). The molecule has 0 amide bonds. The number of hydrogen-bond acceptors (Lipinski definition) is 3. The molecule has 1 atom stereocenters. The van der Waals surface area contributed by atoms with Crippen LogP contribution in [-0.2, 0) is 11.2 Å². The Hall–Kier alpha value is -2.12. The SMILES string of the molecule is CCNC(=NCC(O)COCC(C)C)NCCc1c[nH]c2ccc(F)cc12. The number of guanidine groups is 1. The number of aliphatic hydroxyl groups excluding tert-OH is 1. The molecule has 150 valence electrons. The van der Waals surface area contributed by atoms with E-state index in [2.05, 4.69) is 34.5 Å². The van der Waals surface area contributed by atoms with Crippen LogP contribution in [0.3, 0.4) is 0 Å². The van der Waals surface area contributed by atoms with Gasteiger partial charge in [-0.25, -0.2) is 4.39 Å². The van der Waals surface area contributed by atoms with Crippen molar-refractivity contribution in [3.63, 3.8) is 0 Å². The number of ether oxygens (including phenoxy) is 1. The van der Waals surface area contributed by atoms with Gasteiger partial charge >= 0.3 is 0 Å². The molecule has 0 fully saturated rings. The largest absolute Gasteiger partial charge is 0.389 e. The Morgan fingerprint density at radius 2 is 2.11 bits per heavy atom. The van der Waals surface area contributed by atoms with E-state index in [1.54, 1.807) is 12.1 Å². The lowest BCUT2D eigenvalue weighted by molar-refractivity contribution is 0.0301. The second kappa shape index (κ2) is 10.9. The first-order chi connectivity index (χ1) is 13.0. The molecule has 1 unspecified atom stereocenters. The number of aliphatic imine (C=N–C) groups is 1. The molecule has 0 radical (unpaired) electrons. The second-order valence-electron chi connectivity index (χ2n) is 6.99. The molecule has 1 aromatic carbocycles. The summed E-state index contributed by atoms with van der Waals surface area (Å²) in [5.74, 6) is 0.851. The van der Waals surface area contributed by atoms with Crippen molar-refractivity contribution in [1.29, 1.82) is 0 Å². The number of rotatable bonds is 10. The zero-order valence-electron chi connectivity index (χ0n) is 16.4. The van der Waals surface area contributed by atoms with E-state index in [4.69, 9.17) is 4.74 Å². The van der Waals surface area contributed by atoms with Crippen LogP contribution in [0.15, 0.2) is 29.4 Å². The number of aromatic amines is 1. The number of hydrogen-bond donors (Lipinski definition) is 4. The Kier molecular flexibility index (Phi) is 8.54. The molecule has 0 aliphatic carbocycles.